The average molecular weight is 390 g/mol. The van der Waals surface area contributed by atoms with Gasteiger partial charge < -0.3 is 10.6 Å². The summed E-state index contributed by atoms with van der Waals surface area (Å²) >= 11 is 0. The highest BCUT2D eigenvalue weighted by molar-refractivity contribution is 7.89. The number of aryl methyl sites for hydroxylation is 2. The molecule has 0 aliphatic rings. The van der Waals surface area contributed by atoms with Crippen LogP contribution in [-0.2, 0) is 16.4 Å². The van der Waals surface area contributed by atoms with E-state index in [0.29, 0.717) is 12.5 Å². The van der Waals surface area contributed by atoms with Gasteiger partial charge in [0, 0.05) is 39.1 Å². The molecule has 0 aliphatic heterocycles. The van der Waals surface area contributed by atoms with Crippen molar-refractivity contribution in [2.24, 2.45) is 4.99 Å². The van der Waals surface area contributed by atoms with Crippen molar-refractivity contribution in [3.63, 3.8) is 0 Å². The molecule has 7 nitrogen and oxygen atoms in total. The Hall–Kier alpha value is -2.45. The van der Waals surface area contributed by atoms with Crippen LogP contribution in [0, 0.1) is 13.8 Å². The highest BCUT2D eigenvalue weighted by atomic mass is 32.2. The van der Waals surface area contributed by atoms with Crippen LogP contribution in [0.1, 0.15) is 16.7 Å². The number of pyridine rings is 1. The molecule has 0 saturated heterocycles. The Morgan fingerprint density at radius 3 is 2.41 bits per heavy atom. The summed E-state index contributed by atoms with van der Waals surface area (Å²) < 4.78 is 26.7. The molecule has 0 amide bonds. The second-order valence-electron chi connectivity index (χ2n) is 6.26. The van der Waals surface area contributed by atoms with E-state index in [1.165, 1.54) is 35.2 Å². The molecule has 8 heteroatoms. The van der Waals surface area contributed by atoms with Crippen LogP contribution in [0.25, 0.3) is 0 Å². The van der Waals surface area contributed by atoms with E-state index in [4.69, 9.17) is 0 Å². The molecular weight excluding hydrogens is 362 g/mol. The van der Waals surface area contributed by atoms with Crippen molar-refractivity contribution in [1.29, 1.82) is 0 Å². The van der Waals surface area contributed by atoms with Gasteiger partial charge in [0.2, 0.25) is 10.0 Å². The largest absolute Gasteiger partial charge is 0.356 e. The first-order chi connectivity index (χ1) is 12.9. The normalized spacial score (nSPS) is 12.0. The fraction of sp³-hybridized carbons (Fsp3) is 0.368. The number of hydrogen-bond acceptors (Lipinski definition) is 4. The number of benzene rings is 1. The highest BCUT2D eigenvalue weighted by Crippen LogP contribution is 2.09. The van der Waals surface area contributed by atoms with E-state index in [1.807, 2.05) is 0 Å². The lowest BCUT2D eigenvalue weighted by Crippen LogP contribution is -2.42. The molecule has 0 aliphatic carbocycles. The molecule has 0 radical (unpaired) electrons. The average Bonchev–Trinajstić information content (AvgIpc) is 2.63. The maximum atomic E-state index is 12.1. The lowest BCUT2D eigenvalue weighted by molar-refractivity contribution is 0.580. The minimum Gasteiger partial charge on any atom is -0.356 e. The molecule has 146 valence electrons. The van der Waals surface area contributed by atoms with Gasteiger partial charge in [-0.3, -0.25) is 9.98 Å². The van der Waals surface area contributed by atoms with Gasteiger partial charge in [-0.15, -0.1) is 0 Å². The Labute approximate surface area is 161 Å². The fourth-order valence-electron chi connectivity index (χ4n) is 2.71. The molecule has 27 heavy (non-hydrogen) atoms. The maximum Gasteiger partial charge on any atom is 0.242 e. The molecule has 2 aromatic rings. The van der Waals surface area contributed by atoms with Gasteiger partial charge in [-0.1, -0.05) is 29.3 Å². The van der Waals surface area contributed by atoms with Crippen molar-refractivity contribution < 1.29 is 8.42 Å². The van der Waals surface area contributed by atoms with E-state index in [1.54, 1.807) is 13.1 Å². The van der Waals surface area contributed by atoms with Crippen molar-refractivity contribution in [2.45, 2.75) is 25.2 Å². The topological polar surface area (TPSA) is 95.5 Å². The van der Waals surface area contributed by atoms with Crippen LogP contribution in [0.3, 0.4) is 0 Å². The van der Waals surface area contributed by atoms with Crippen LogP contribution in [0.15, 0.2) is 52.6 Å². The number of aliphatic imine (C=N–C) groups is 1. The molecule has 1 aromatic heterocycles. The van der Waals surface area contributed by atoms with E-state index in [2.05, 4.69) is 57.4 Å². The number of hydrogen-bond donors (Lipinski definition) is 3. The van der Waals surface area contributed by atoms with Gasteiger partial charge in [-0.25, -0.2) is 13.1 Å². The Bertz CT molecular complexity index is 847. The molecule has 0 unspecified atom stereocenters. The van der Waals surface area contributed by atoms with Gasteiger partial charge in [0.15, 0.2) is 5.96 Å². The molecule has 0 fully saturated rings. The van der Waals surface area contributed by atoms with Crippen LogP contribution < -0.4 is 15.4 Å². The van der Waals surface area contributed by atoms with Crippen LogP contribution in [0.5, 0.6) is 0 Å². The molecule has 0 atom stereocenters. The minimum absolute atomic E-state index is 0.154. The molecule has 0 bridgehead atoms. The number of sulfonamides is 1. The van der Waals surface area contributed by atoms with Gasteiger partial charge in [0.25, 0.3) is 0 Å². The van der Waals surface area contributed by atoms with Gasteiger partial charge in [-0.2, -0.15) is 0 Å². The van der Waals surface area contributed by atoms with Crippen LogP contribution in [0.2, 0.25) is 0 Å². The summed E-state index contributed by atoms with van der Waals surface area (Å²) in [4.78, 5) is 8.13. The van der Waals surface area contributed by atoms with E-state index in [-0.39, 0.29) is 11.4 Å². The Morgan fingerprint density at radius 1 is 1.07 bits per heavy atom. The number of guanidine groups is 1. The summed E-state index contributed by atoms with van der Waals surface area (Å²) in [6.45, 7) is 5.59. The van der Waals surface area contributed by atoms with E-state index in [9.17, 15) is 8.42 Å². The first-order valence-electron chi connectivity index (χ1n) is 8.82. The molecule has 0 saturated carbocycles. The van der Waals surface area contributed by atoms with Crippen LogP contribution in [-0.4, -0.2) is 46.0 Å². The summed E-state index contributed by atoms with van der Waals surface area (Å²) in [6, 6.07) is 9.62. The third-order valence-corrected chi connectivity index (χ3v) is 5.31. The molecular formula is C19H27N5O2S. The van der Waals surface area contributed by atoms with Gasteiger partial charge in [-0.05, 0) is 38.0 Å². The lowest BCUT2D eigenvalue weighted by atomic mass is 10.1. The third-order valence-electron chi connectivity index (χ3n) is 3.87. The lowest BCUT2D eigenvalue weighted by Gasteiger charge is -2.13. The van der Waals surface area contributed by atoms with Crippen molar-refractivity contribution in [2.75, 3.05) is 26.7 Å². The predicted molar refractivity (Wildman–Crippen MR) is 108 cm³/mol. The van der Waals surface area contributed by atoms with Crippen LogP contribution in [0.4, 0.5) is 0 Å². The molecule has 1 heterocycles. The monoisotopic (exact) mass is 389 g/mol. The fourth-order valence-corrected chi connectivity index (χ4v) is 3.71. The summed E-state index contributed by atoms with van der Waals surface area (Å²) in [5.41, 5.74) is 3.79. The predicted octanol–water partition coefficient (Wildman–Crippen LogP) is 1.38. The smallest absolute Gasteiger partial charge is 0.242 e. The first-order valence-corrected chi connectivity index (χ1v) is 10.3. The molecule has 1 aromatic carbocycles. The number of nitrogens with one attached hydrogen (secondary N) is 3. The minimum atomic E-state index is -3.54. The maximum absolute atomic E-state index is 12.1. The molecule has 3 N–H and O–H groups in total. The zero-order chi connectivity index (χ0) is 19.7. The standard InChI is InChI=1S/C19H27N5O2S/c1-15-11-16(2)13-17(12-15)6-8-22-19(20-3)23-9-10-24-27(25,26)18-5-4-7-21-14-18/h4-5,7,11-14,24H,6,8-10H2,1-3H3,(H2,20,22,23). The Kier molecular flexibility index (Phi) is 7.75. The third kappa shape index (κ3) is 6.99. The van der Waals surface area contributed by atoms with Crippen molar-refractivity contribution in [3.05, 3.63) is 59.4 Å². The van der Waals surface area contributed by atoms with Crippen LogP contribution >= 0.6 is 0 Å². The molecule has 2 rings (SSSR count). The zero-order valence-corrected chi connectivity index (χ0v) is 16.8. The van der Waals surface area contributed by atoms with Gasteiger partial charge in [0.1, 0.15) is 4.90 Å². The van der Waals surface area contributed by atoms with Gasteiger partial charge in [0.05, 0.1) is 0 Å². The van der Waals surface area contributed by atoms with E-state index >= 15 is 0 Å². The van der Waals surface area contributed by atoms with Crippen molar-refractivity contribution >= 4 is 16.0 Å². The molecule has 0 spiro atoms. The Balaban J connectivity index is 1.73. The quantitative estimate of drug-likeness (QED) is 0.360. The van der Waals surface area contributed by atoms with E-state index < -0.39 is 10.0 Å². The van der Waals surface area contributed by atoms with E-state index in [0.717, 1.165) is 13.0 Å². The Morgan fingerprint density at radius 2 is 1.78 bits per heavy atom. The summed E-state index contributed by atoms with van der Waals surface area (Å²) in [5.74, 6) is 0.639. The summed E-state index contributed by atoms with van der Waals surface area (Å²) in [6.07, 6.45) is 3.74. The second kappa shape index (κ2) is 10.0. The van der Waals surface area contributed by atoms with Crippen molar-refractivity contribution in [1.82, 2.24) is 20.3 Å². The SMILES string of the molecule is CN=C(NCCNS(=O)(=O)c1cccnc1)NCCc1cc(C)cc(C)c1. The number of aromatic nitrogens is 1. The van der Waals surface area contributed by atoms with Crippen molar-refractivity contribution in [3.8, 4) is 0 Å². The first kappa shape index (κ1) is 20.9. The second-order valence-corrected chi connectivity index (χ2v) is 8.03. The van der Waals surface area contributed by atoms with Gasteiger partial charge >= 0.3 is 0 Å². The summed E-state index contributed by atoms with van der Waals surface area (Å²) in [5, 5.41) is 6.34. The number of nitrogens with zero attached hydrogens (tertiary/aromatic N) is 2. The number of rotatable bonds is 8. The zero-order valence-electron chi connectivity index (χ0n) is 16.0. The summed E-state index contributed by atoms with van der Waals surface area (Å²) in [7, 11) is -1.85. The highest BCUT2D eigenvalue weighted by Gasteiger charge is 2.12.